The second kappa shape index (κ2) is 6.30. The van der Waals surface area contributed by atoms with E-state index in [-0.39, 0.29) is 0 Å². The molecule has 22 heavy (non-hydrogen) atoms. The van der Waals surface area contributed by atoms with Crippen LogP contribution in [0.1, 0.15) is 24.0 Å². The van der Waals surface area contributed by atoms with Crippen LogP contribution in [0.5, 0.6) is 0 Å². The Morgan fingerprint density at radius 1 is 0.955 bits per heavy atom. The van der Waals surface area contributed by atoms with Gasteiger partial charge < -0.3 is 9.80 Å². The molecule has 1 aliphatic heterocycles. The molecular weight excluding hydrogens is 274 g/mol. The molecule has 3 heterocycles. The smallest absolute Gasteiger partial charge is 0.132 e. The first-order valence-electron chi connectivity index (χ1n) is 7.93. The highest BCUT2D eigenvalue weighted by molar-refractivity contribution is 5.46. The maximum atomic E-state index is 4.60. The summed E-state index contributed by atoms with van der Waals surface area (Å²) < 4.78 is 0. The summed E-state index contributed by atoms with van der Waals surface area (Å²) in [5.41, 5.74) is 2.37. The van der Waals surface area contributed by atoms with E-state index in [9.17, 15) is 0 Å². The molecule has 1 saturated heterocycles. The quantitative estimate of drug-likeness (QED) is 0.870. The van der Waals surface area contributed by atoms with Crippen LogP contribution in [-0.2, 0) is 6.42 Å². The zero-order valence-electron chi connectivity index (χ0n) is 13.6. The Labute approximate surface area is 132 Å². The van der Waals surface area contributed by atoms with Gasteiger partial charge in [0.15, 0.2) is 0 Å². The van der Waals surface area contributed by atoms with Crippen LogP contribution in [0.25, 0.3) is 0 Å². The predicted octanol–water partition coefficient (Wildman–Crippen LogP) is 2.38. The predicted molar refractivity (Wildman–Crippen MR) is 89.5 cm³/mol. The van der Waals surface area contributed by atoms with Crippen LogP contribution in [0.15, 0.2) is 24.4 Å². The minimum absolute atomic E-state index is 0.858. The molecule has 0 N–H and O–H groups in total. The van der Waals surface area contributed by atoms with Gasteiger partial charge >= 0.3 is 0 Å². The molecule has 3 rings (SSSR count). The summed E-state index contributed by atoms with van der Waals surface area (Å²) in [4.78, 5) is 18.2. The van der Waals surface area contributed by atoms with E-state index in [0.717, 1.165) is 55.8 Å². The molecule has 1 fully saturated rings. The van der Waals surface area contributed by atoms with Crippen molar-refractivity contribution in [3.8, 4) is 0 Å². The SMILES string of the molecule is CCc1cc(N2CCN(c3cc(C)ccn3)CC2)nc(C)n1. The zero-order valence-corrected chi connectivity index (χ0v) is 13.6. The van der Waals surface area contributed by atoms with Gasteiger partial charge in [0.05, 0.1) is 0 Å². The number of piperazine rings is 1. The Hall–Kier alpha value is -2.17. The molecule has 0 aromatic carbocycles. The molecule has 2 aromatic heterocycles. The van der Waals surface area contributed by atoms with E-state index in [1.54, 1.807) is 0 Å². The van der Waals surface area contributed by atoms with Crippen LogP contribution in [0.3, 0.4) is 0 Å². The molecule has 5 heteroatoms. The maximum Gasteiger partial charge on any atom is 0.132 e. The molecule has 1 aliphatic rings. The number of aryl methyl sites for hydroxylation is 3. The molecule has 0 aliphatic carbocycles. The number of aromatic nitrogens is 3. The van der Waals surface area contributed by atoms with Crippen molar-refractivity contribution in [1.29, 1.82) is 0 Å². The molecule has 0 amide bonds. The summed E-state index contributed by atoms with van der Waals surface area (Å²) in [6.45, 7) is 10.1. The van der Waals surface area contributed by atoms with Crippen LogP contribution < -0.4 is 9.80 Å². The van der Waals surface area contributed by atoms with Crippen LogP contribution in [0, 0.1) is 13.8 Å². The molecular formula is C17H23N5. The molecule has 0 atom stereocenters. The maximum absolute atomic E-state index is 4.60. The van der Waals surface area contributed by atoms with Gasteiger partial charge in [-0.3, -0.25) is 0 Å². The van der Waals surface area contributed by atoms with E-state index >= 15 is 0 Å². The van der Waals surface area contributed by atoms with Gasteiger partial charge in [0, 0.05) is 44.1 Å². The molecule has 0 bridgehead atoms. The molecule has 2 aromatic rings. The molecule has 116 valence electrons. The van der Waals surface area contributed by atoms with Crippen LogP contribution in [-0.4, -0.2) is 41.1 Å². The lowest BCUT2D eigenvalue weighted by molar-refractivity contribution is 0.639. The van der Waals surface area contributed by atoms with Crippen molar-refractivity contribution in [2.24, 2.45) is 0 Å². The Bertz CT molecular complexity index is 647. The fraction of sp³-hybridized carbons (Fsp3) is 0.471. The second-order valence-corrected chi connectivity index (χ2v) is 5.78. The average molecular weight is 297 g/mol. The van der Waals surface area contributed by atoms with Crippen molar-refractivity contribution >= 4 is 11.6 Å². The Balaban J connectivity index is 1.70. The molecule has 0 spiro atoms. The van der Waals surface area contributed by atoms with Gasteiger partial charge in [0.25, 0.3) is 0 Å². The van der Waals surface area contributed by atoms with Crippen molar-refractivity contribution < 1.29 is 0 Å². The fourth-order valence-electron chi connectivity index (χ4n) is 2.81. The molecule has 0 saturated carbocycles. The van der Waals surface area contributed by atoms with Gasteiger partial charge in [-0.05, 0) is 38.0 Å². The summed E-state index contributed by atoms with van der Waals surface area (Å²) in [6.07, 6.45) is 2.84. The normalized spacial score (nSPS) is 15.2. The van der Waals surface area contributed by atoms with Gasteiger partial charge in [-0.1, -0.05) is 6.92 Å². The number of rotatable bonds is 3. The monoisotopic (exact) mass is 297 g/mol. The topological polar surface area (TPSA) is 45.2 Å². The van der Waals surface area contributed by atoms with Gasteiger partial charge in [-0.15, -0.1) is 0 Å². The zero-order chi connectivity index (χ0) is 15.5. The standard InChI is InChI=1S/C17H23N5/c1-4-15-12-17(20-14(3)19-15)22-9-7-21(8-10-22)16-11-13(2)5-6-18-16/h5-6,11-12H,4,7-10H2,1-3H3. The summed E-state index contributed by atoms with van der Waals surface area (Å²) in [5, 5.41) is 0. The van der Waals surface area contributed by atoms with Gasteiger partial charge in [0.2, 0.25) is 0 Å². The van der Waals surface area contributed by atoms with Crippen molar-refractivity contribution in [3.05, 3.63) is 41.5 Å². The van der Waals surface area contributed by atoms with Crippen molar-refractivity contribution in [3.63, 3.8) is 0 Å². The van der Waals surface area contributed by atoms with Gasteiger partial charge in [-0.2, -0.15) is 0 Å². The van der Waals surface area contributed by atoms with E-state index < -0.39 is 0 Å². The lowest BCUT2D eigenvalue weighted by Crippen LogP contribution is -2.47. The first-order valence-corrected chi connectivity index (χ1v) is 7.93. The summed E-state index contributed by atoms with van der Waals surface area (Å²) in [7, 11) is 0. The average Bonchev–Trinajstić information content (AvgIpc) is 2.54. The van der Waals surface area contributed by atoms with E-state index in [0.29, 0.717) is 0 Å². The molecule has 0 radical (unpaired) electrons. The van der Waals surface area contributed by atoms with Crippen molar-refractivity contribution in [2.45, 2.75) is 27.2 Å². The lowest BCUT2D eigenvalue weighted by Gasteiger charge is -2.36. The van der Waals surface area contributed by atoms with Crippen LogP contribution in [0.2, 0.25) is 0 Å². The van der Waals surface area contributed by atoms with E-state index in [1.807, 2.05) is 19.2 Å². The fourth-order valence-corrected chi connectivity index (χ4v) is 2.81. The minimum Gasteiger partial charge on any atom is -0.353 e. The Morgan fingerprint density at radius 3 is 2.27 bits per heavy atom. The van der Waals surface area contributed by atoms with Crippen LogP contribution >= 0.6 is 0 Å². The van der Waals surface area contributed by atoms with Crippen LogP contribution in [0.4, 0.5) is 11.6 Å². The summed E-state index contributed by atoms with van der Waals surface area (Å²) in [5.74, 6) is 2.99. The second-order valence-electron chi connectivity index (χ2n) is 5.78. The highest BCUT2D eigenvalue weighted by Gasteiger charge is 2.19. The number of hydrogen-bond donors (Lipinski definition) is 0. The van der Waals surface area contributed by atoms with E-state index in [4.69, 9.17) is 0 Å². The number of hydrogen-bond acceptors (Lipinski definition) is 5. The third-order valence-electron chi connectivity index (χ3n) is 4.07. The third kappa shape index (κ3) is 3.18. The van der Waals surface area contributed by atoms with E-state index in [1.165, 1.54) is 5.56 Å². The minimum atomic E-state index is 0.858. The first kappa shape index (κ1) is 14.8. The van der Waals surface area contributed by atoms with E-state index in [2.05, 4.69) is 50.7 Å². The van der Waals surface area contributed by atoms with Gasteiger partial charge in [0.1, 0.15) is 17.5 Å². The number of anilines is 2. The first-order chi connectivity index (χ1) is 10.7. The Morgan fingerprint density at radius 2 is 1.64 bits per heavy atom. The molecule has 0 unspecified atom stereocenters. The van der Waals surface area contributed by atoms with Gasteiger partial charge in [-0.25, -0.2) is 15.0 Å². The highest BCUT2D eigenvalue weighted by atomic mass is 15.3. The third-order valence-corrected chi connectivity index (χ3v) is 4.07. The largest absolute Gasteiger partial charge is 0.353 e. The molecule has 5 nitrogen and oxygen atoms in total. The lowest BCUT2D eigenvalue weighted by atomic mass is 10.2. The Kier molecular flexibility index (Phi) is 4.22. The summed E-state index contributed by atoms with van der Waals surface area (Å²) in [6, 6.07) is 6.31. The highest BCUT2D eigenvalue weighted by Crippen LogP contribution is 2.19. The number of pyridine rings is 1. The number of nitrogens with zero attached hydrogens (tertiary/aromatic N) is 5. The van der Waals surface area contributed by atoms with Crippen molar-refractivity contribution in [1.82, 2.24) is 15.0 Å². The van der Waals surface area contributed by atoms with Crippen molar-refractivity contribution in [2.75, 3.05) is 36.0 Å². The summed E-state index contributed by atoms with van der Waals surface area (Å²) >= 11 is 0.